The van der Waals surface area contributed by atoms with Crippen molar-refractivity contribution in [1.82, 2.24) is 16.2 Å². The molecule has 0 aliphatic carbocycles. The number of ether oxygens (including phenoxy) is 1. The molecule has 0 heterocycles. The number of hydrogen-bond acceptors (Lipinski definition) is 5. The van der Waals surface area contributed by atoms with Gasteiger partial charge in [0.1, 0.15) is 6.04 Å². The standard InChI is InChI=1S/C17H22ClN3O5/c1-10(2)8-14(17(25)26-9-15(23)21-20-11(3)22)19-16(24)12-4-6-13(18)7-5-12/h4-7,10,14H,8-9H2,1-3H3,(H,19,24)(H,20,22)(H,21,23)/t14-/m0/s1. The van der Waals surface area contributed by atoms with Crippen LogP contribution in [0, 0.1) is 5.92 Å². The van der Waals surface area contributed by atoms with Crippen molar-refractivity contribution in [1.29, 1.82) is 0 Å². The van der Waals surface area contributed by atoms with Crippen LogP contribution in [0.4, 0.5) is 0 Å². The minimum Gasteiger partial charge on any atom is -0.454 e. The largest absolute Gasteiger partial charge is 0.454 e. The Labute approximate surface area is 156 Å². The molecule has 0 aliphatic rings. The van der Waals surface area contributed by atoms with Crippen LogP contribution < -0.4 is 16.2 Å². The van der Waals surface area contributed by atoms with Gasteiger partial charge in [-0.05, 0) is 36.6 Å². The lowest BCUT2D eigenvalue weighted by Crippen LogP contribution is -2.45. The zero-order valence-corrected chi connectivity index (χ0v) is 15.6. The molecule has 0 fully saturated rings. The van der Waals surface area contributed by atoms with Crippen molar-refractivity contribution in [3.8, 4) is 0 Å². The third-order valence-corrected chi connectivity index (χ3v) is 3.38. The molecular weight excluding hydrogens is 362 g/mol. The van der Waals surface area contributed by atoms with Crippen LogP contribution in [0.5, 0.6) is 0 Å². The molecule has 0 spiro atoms. The Hall–Kier alpha value is -2.61. The van der Waals surface area contributed by atoms with Crippen LogP contribution in [-0.2, 0) is 19.1 Å². The number of carbonyl (C=O) groups is 4. The van der Waals surface area contributed by atoms with Crippen LogP contribution in [0.1, 0.15) is 37.6 Å². The first-order valence-corrected chi connectivity index (χ1v) is 8.35. The Morgan fingerprint density at radius 2 is 1.69 bits per heavy atom. The predicted octanol–water partition coefficient (Wildman–Crippen LogP) is 1.19. The number of benzene rings is 1. The first-order chi connectivity index (χ1) is 12.2. The van der Waals surface area contributed by atoms with Gasteiger partial charge in [-0.3, -0.25) is 25.2 Å². The van der Waals surface area contributed by atoms with Crippen LogP contribution in [0.2, 0.25) is 5.02 Å². The number of rotatable bonds is 7. The number of hydrazine groups is 1. The lowest BCUT2D eigenvalue weighted by Gasteiger charge is -2.19. The lowest BCUT2D eigenvalue weighted by atomic mass is 10.0. The summed E-state index contributed by atoms with van der Waals surface area (Å²) in [4.78, 5) is 46.7. The van der Waals surface area contributed by atoms with E-state index in [9.17, 15) is 19.2 Å². The monoisotopic (exact) mass is 383 g/mol. The Bertz CT molecular complexity index is 661. The molecular formula is C17H22ClN3O5. The molecule has 9 heteroatoms. The van der Waals surface area contributed by atoms with Gasteiger partial charge in [0.15, 0.2) is 6.61 Å². The molecule has 3 amide bonds. The van der Waals surface area contributed by atoms with Gasteiger partial charge in [0.2, 0.25) is 5.91 Å². The van der Waals surface area contributed by atoms with Crippen molar-refractivity contribution in [2.24, 2.45) is 5.92 Å². The minimum atomic E-state index is -0.910. The van der Waals surface area contributed by atoms with Crippen LogP contribution in [0.15, 0.2) is 24.3 Å². The summed E-state index contributed by atoms with van der Waals surface area (Å²) in [7, 11) is 0. The summed E-state index contributed by atoms with van der Waals surface area (Å²) in [5, 5.41) is 3.09. The molecule has 0 aromatic heterocycles. The Balaban J connectivity index is 2.65. The van der Waals surface area contributed by atoms with Crippen molar-refractivity contribution >= 4 is 35.3 Å². The number of hydrogen-bond donors (Lipinski definition) is 3. The van der Waals surface area contributed by atoms with Gasteiger partial charge in [-0.25, -0.2) is 4.79 Å². The van der Waals surface area contributed by atoms with Gasteiger partial charge in [0.25, 0.3) is 11.8 Å². The van der Waals surface area contributed by atoms with E-state index in [2.05, 4.69) is 16.2 Å². The van der Waals surface area contributed by atoms with Crippen molar-refractivity contribution in [2.75, 3.05) is 6.61 Å². The normalized spacial score (nSPS) is 11.4. The van der Waals surface area contributed by atoms with Gasteiger partial charge in [-0.2, -0.15) is 0 Å². The number of carbonyl (C=O) groups excluding carboxylic acids is 4. The van der Waals surface area contributed by atoms with Gasteiger partial charge in [-0.15, -0.1) is 0 Å². The molecule has 0 bridgehead atoms. The van der Waals surface area contributed by atoms with Crippen molar-refractivity contribution in [3.63, 3.8) is 0 Å². The fourth-order valence-electron chi connectivity index (χ4n) is 1.96. The zero-order chi connectivity index (χ0) is 19.7. The quantitative estimate of drug-likeness (QED) is 0.483. The van der Waals surface area contributed by atoms with Gasteiger partial charge in [0.05, 0.1) is 0 Å². The third kappa shape index (κ3) is 7.98. The van der Waals surface area contributed by atoms with Crippen LogP contribution >= 0.6 is 11.6 Å². The second-order valence-electron chi connectivity index (χ2n) is 6.00. The van der Waals surface area contributed by atoms with E-state index in [0.29, 0.717) is 17.0 Å². The highest BCUT2D eigenvalue weighted by molar-refractivity contribution is 6.30. The summed E-state index contributed by atoms with van der Waals surface area (Å²) in [6.07, 6.45) is 0.339. The molecule has 142 valence electrons. The first kappa shape index (κ1) is 21.4. The summed E-state index contributed by atoms with van der Waals surface area (Å²) in [6.45, 7) is 4.41. The Kier molecular flexibility index (Phi) is 8.57. The Morgan fingerprint density at radius 1 is 1.08 bits per heavy atom. The summed E-state index contributed by atoms with van der Waals surface area (Å²) >= 11 is 5.79. The van der Waals surface area contributed by atoms with Crippen LogP contribution in [-0.4, -0.2) is 36.3 Å². The number of nitrogens with one attached hydrogen (secondary N) is 3. The van der Waals surface area contributed by atoms with Crippen molar-refractivity contribution in [2.45, 2.75) is 33.2 Å². The summed E-state index contributed by atoms with van der Waals surface area (Å²) in [6, 6.07) is 5.30. The van der Waals surface area contributed by atoms with Crippen LogP contribution in [0.3, 0.4) is 0 Å². The van der Waals surface area contributed by atoms with Crippen molar-refractivity contribution in [3.05, 3.63) is 34.9 Å². The predicted molar refractivity (Wildman–Crippen MR) is 95.1 cm³/mol. The zero-order valence-electron chi connectivity index (χ0n) is 14.8. The molecule has 26 heavy (non-hydrogen) atoms. The second-order valence-corrected chi connectivity index (χ2v) is 6.44. The maximum atomic E-state index is 12.3. The molecule has 8 nitrogen and oxygen atoms in total. The van der Waals surface area contributed by atoms with E-state index in [1.165, 1.54) is 19.1 Å². The van der Waals surface area contributed by atoms with E-state index < -0.39 is 36.3 Å². The molecule has 0 saturated heterocycles. The average molecular weight is 384 g/mol. The molecule has 1 atom stereocenters. The maximum absolute atomic E-state index is 12.3. The highest BCUT2D eigenvalue weighted by atomic mass is 35.5. The molecule has 0 unspecified atom stereocenters. The van der Waals surface area contributed by atoms with E-state index in [0.717, 1.165) is 0 Å². The van der Waals surface area contributed by atoms with Gasteiger partial charge in [-0.1, -0.05) is 25.4 Å². The number of amides is 3. The van der Waals surface area contributed by atoms with Gasteiger partial charge < -0.3 is 10.1 Å². The second kappa shape index (κ2) is 10.4. The number of esters is 1. The molecule has 0 aliphatic heterocycles. The molecule has 3 N–H and O–H groups in total. The lowest BCUT2D eigenvalue weighted by molar-refractivity contribution is -0.151. The highest BCUT2D eigenvalue weighted by Crippen LogP contribution is 2.11. The third-order valence-electron chi connectivity index (χ3n) is 3.13. The van der Waals surface area contributed by atoms with E-state index in [1.54, 1.807) is 12.1 Å². The summed E-state index contributed by atoms with van der Waals surface area (Å²) < 4.78 is 4.92. The molecule has 1 rings (SSSR count). The first-order valence-electron chi connectivity index (χ1n) is 7.97. The van der Waals surface area contributed by atoms with Gasteiger partial charge in [0, 0.05) is 17.5 Å². The average Bonchev–Trinajstić information content (AvgIpc) is 2.57. The molecule has 1 aromatic rings. The molecule has 0 radical (unpaired) electrons. The SMILES string of the molecule is CC(=O)NNC(=O)COC(=O)[C@H](CC(C)C)NC(=O)c1ccc(Cl)cc1. The number of halogens is 1. The van der Waals surface area contributed by atoms with E-state index >= 15 is 0 Å². The van der Waals surface area contributed by atoms with E-state index in [4.69, 9.17) is 16.3 Å². The minimum absolute atomic E-state index is 0.103. The maximum Gasteiger partial charge on any atom is 0.329 e. The van der Waals surface area contributed by atoms with Crippen LogP contribution in [0.25, 0.3) is 0 Å². The highest BCUT2D eigenvalue weighted by Gasteiger charge is 2.24. The Morgan fingerprint density at radius 3 is 2.23 bits per heavy atom. The van der Waals surface area contributed by atoms with Gasteiger partial charge >= 0.3 is 5.97 Å². The topological polar surface area (TPSA) is 114 Å². The van der Waals surface area contributed by atoms with E-state index in [1.807, 2.05) is 13.8 Å². The fraction of sp³-hybridized carbons (Fsp3) is 0.412. The van der Waals surface area contributed by atoms with E-state index in [-0.39, 0.29) is 5.92 Å². The van der Waals surface area contributed by atoms with Crippen molar-refractivity contribution < 1.29 is 23.9 Å². The fourth-order valence-corrected chi connectivity index (χ4v) is 2.09. The smallest absolute Gasteiger partial charge is 0.329 e. The molecule has 1 aromatic carbocycles. The summed E-state index contributed by atoms with van der Waals surface area (Å²) in [5.74, 6) is -2.24. The summed E-state index contributed by atoms with van der Waals surface area (Å²) in [5.41, 5.74) is 4.50. The molecule has 0 saturated carbocycles.